The lowest BCUT2D eigenvalue weighted by atomic mass is 9.53. The van der Waals surface area contributed by atoms with Crippen molar-refractivity contribution >= 4 is 97.2 Å². The molecule has 4 unspecified atom stereocenters. The second-order valence-electron chi connectivity index (χ2n) is 33.1. The fourth-order valence-electron chi connectivity index (χ4n) is 18.1. The molecule has 2 bridgehead atoms. The number of halogens is 2. The van der Waals surface area contributed by atoms with Gasteiger partial charge in [-0.2, -0.15) is 0 Å². The van der Waals surface area contributed by atoms with E-state index in [-0.39, 0.29) is 103 Å². The SMILES string of the molecule is C=CC(=O)N(C)CC(NC(=O)C12CCC(C(=O)OC)(CC1)CC2)C(=O)N1CC(OC(=O)N2Cc3cccc(F)c3C2)C[C@H]1C(=O)C[C@]1(C(=O)NS(=O)(=O)C2CC2)C[C@H]1C=C.C=CC(=O)N1CC(C(NC(=O)OC2CCCC2)C(=O)N2CC(OC(=O)N3Cc4cccc(F)c4C3)C[C@H]2C(=O)C[C@]2(C(=O)NS(=O)(=O)C3CC3)C[C@H]2C=C)C1. The van der Waals surface area contributed by atoms with E-state index < -0.39 is 196 Å². The molecule has 2 aromatic rings. The number of benzene rings is 2. The summed E-state index contributed by atoms with van der Waals surface area (Å²) >= 11 is 0. The highest BCUT2D eigenvalue weighted by Gasteiger charge is 2.64. The monoisotopic (exact) mass is 1640 g/mol. The van der Waals surface area contributed by atoms with Crippen LogP contribution in [0.2, 0.25) is 0 Å². The zero-order valence-electron chi connectivity index (χ0n) is 64.4. The summed E-state index contributed by atoms with van der Waals surface area (Å²) in [7, 11) is -5.12. The number of likely N-dealkylation sites (tertiary alicyclic amines) is 3. The Morgan fingerprint density at radius 2 is 1.03 bits per heavy atom. The van der Waals surface area contributed by atoms with E-state index in [0.717, 1.165) is 25.0 Å². The number of fused-ring (bicyclic) bond motifs is 5. The van der Waals surface area contributed by atoms with Crippen LogP contribution < -0.4 is 20.1 Å². The van der Waals surface area contributed by atoms with Crippen molar-refractivity contribution in [1.82, 2.24) is 49.5 Å². The van der Waals surface area contributed by atoms with Crippen LogP contribution in [0.3, 0.4) is 0 Å². The summed E-state index contributed by atoms with van der Waals surface area (Å²) in [5.41, 5.74) is -2.46. The minimum absolute atomic E-state index is 0.0282. The first-order valence-electron chi connectivity index (χ1n) is 39.3. The summed E-state index contributed by atoms with van der Waals surface area (Å²) in [4.78, 5) is 185. The van der Waals surface area contributed by atoms with Gasteiger partial charge < -0.3 is 49.2 Å². The van der Waals surface area contributed by atoms with Crippen LogP contribution in [0.4, 0.5) is 23.2 Å². The molecule has 115 heavy (non-hydrogen) atoms. The molecule has 0 spiro atoms. The number of rotatable bonds is 28. The zero-order chi connectivity index (χ0) is 82.6. The third kappa shape index (κ3) is 17.1. The van der Waals surface area contributed by atoms with Gasteiger partial charge in [-0.1, -0.05) is 49.6 Å². The Hall–Kier alpha value is -9.93. The first-order valence-corrected chi connectivity index (χ1v) is 42.4. The second-order valence-corrected chi connectivity index (χ2v) is 37.1. The molecule has 31 nitrogen and oxygen atoms in total. The third-order valence-corrected chi connectivity index (χ3v) is 29.4. The van der Waals surface area contributed by atoms with Crippen molar-refractivity contribution in [2.45, 2.75) is 208 Å². The van der Waals surface area contributed by atoms with Gasteiger partial charge in [0.25, 0.3) is 0 Å². The van der Waals surface area contributed by atoms with Gasteiger partial charge >= 0.3 is 24.2 Å². The van der Waals surface area contributed by atoms with E-state index in [4.69, 9.17) is 18.9 Å². The van der Waals surface area contributed by atoms with Gasteiger partial charge in [-0.05, 0) is 150 Å². The third-order valence-electron chi connectivity index (χ3n) is 25.8. The highest BCUT2D eigenvalue weighted by Crippen LogP contribution is 2.60. The maximum atomic E-state index is 14.9. The van der Waals surface area contributed by atoms with E-state index >= 15 is 0 Å². The molecular weight excluding hydrogens is 1540 g/mol. The number of hydrogen-bond donors (Lipinski definition) is 4. The molecule has 13 aliphatic rings. The number of carbonyl (C=O) groups excluding carboxylic acids is 13. The molecule has 3 saturated heterocycles. The number of ether oxygens (including phenoxy) is 4. The number of ketones is 2. The number of nitrogens with zero attached hydrogens (tertiary/aromatic N) is 6. The average molecular weight is 1640 g/mol. The number of nitrogens with one attached hydrogen (secondary N) is 4. The molecule has 2 aromatic carbocycles. The van der Waals surface area contributed by atoms with Crippen molar-refractivity contribution in [2.24, 2.45) is 39.4 Å². The highest BCUT2D eigenvalue weighted by molar-refractivity contribution is 7.91. The van der Waals surface area contributed by atoms with Gasteiger partial charge in [0.05, 0.1) is 72.1 Å². The van der Waals surface area contributed by atoms with E-state index in [2.05, 4.69) is 46.4 Å². The fourth-order valence-corrected chi connectivity index (χ4v) is 20.9. The van der Waals surface area contributed by atoms with Gasteiger partial charge in [0.1, 0.15) is 42.0 Å². The van der Waals surface area contributed by atoms with E-state index in [9.17, 15) is 87.9 Å². The van der Waals surface area contributed by atoms with Crippen molar-refractivity contribution in [3.63, 3.8) is 0 Å². The van der Waals surface area contributed by atoms with Crippen molar-refractivity contribution in [2.75, 3.05) is 46.9 Å². The van der Waals surface area contributed by atoms with Crippen LogP contribution in [0.1, 0.15) is 151 Å². The molecule has 10 amide bonds. The molecule has 10 atom stereocenters. The summed E-state index contributed by atoms with van der Waals surface area (Å²) < 4.78 is 107. The van der Waals surface area contributed by atoms with Crippen molar-refractivity contribution < 1.29 is 107 Å². The van der Waals surface area contributed by atoms with Crippen LogP contribution in [0.15, 0.2) is 87.0 Å². The van der Waals surface area contributed by atoms with E-state index in [0.29, 0.717) is 99.3 Å². The quantitative estimate of drug-likeness (QED) is 0.0361. The Morgan fingerprint density at radius 1 is 0.565 bits per heavy atom. The Morgan fingerprint density at radius 3 is 1.44 bits per heavy atom. The Labute approximate surface area is 665 Å². The number of esters is 1. The van der Waals surface area contributed by atoms with Crippen LogP contribution in [-0.2, 0) is 113 Å². The summed E-state index contributed by atoms with van der Waals surface area (Å²) in [5.74, 6) is -8.37. The first kappa shape index (κ1) is 83.0. The Kier molecular flexibility index (Phi) is 23.6. The van der Waals surface area contributed by atoms with Gasteiger partial charge in [-0.15, -0.1) is 13.2 Å². The molecule has 5 heterocycles. The lowest BCUT2D eigenvalue weighted by Crippen LogP contribution is -2.63. The number of allylic oxidation sites excluding steroid dienone is 2. The lowest BCUT2D eigenvalue weighted by molar-refractivity contribution is -0.167. The van der Waals surface area contributed by atoms with Crippen molar-refractivity contribution in [3.8, 4) is 0 Å². The molecule has 0 radical (unpaired) electrons. The fraction of sp³-hybridized carbons (Fsp3) is 0.588. The number of likely N-dealkylation sites (N-methyl/N-ethyl adjacent to an activating group) is 1. The van der Waals surface area contributed by atoms with Gasteiger partial charge in [-0.3, -0.25) is 67.2 Å². The van der Waals surface area contributed by atoms with Gasteiger partial charge in [0, 0.05) is 87.9 Å². The Balaban J connectivity index is 0.000000201. The maximum absolute atomic E-state index is 14.9. The molecular formula is C80H98F2N10O21S2. The van der Waals surface area contributed by atoms with Crippen LogP contribution in [-0.4, -0.2) is 223 Å². The maximum Gasteiger partial charge on any atom is 0.410 e. The number of alkyl carbamates (subject to hydrolysis) is 1. The molecule has 8 aliphatic carbocycles. The zero-order valence-corrected chi connectivity index (χ0v) is 66.0. The molecule has 11 fully saturated rings. The standard InChI is InChI=1S/C42H52FN5O11S.C38H46FN5O10S/c1-5-26-19-42(26,37(53)45-60(56,57)28-10-11-28)20-33(49)32-18-27(59-39(55)47-21-25-8-7-9-30(43)29(25)23-47)22-48(32)35(51)31(24-46(3)34(50)6-2)44-36(52)40-12-15-41(16-13-40,17-14-40)38(54)58-4;1-3-24-15-38(24,35(48)41-55(51,52)27-12-13-27)16-31(45)30-14-26(54-37(50)43-17-22-8-7-11-29(39)28(22)21-43)20-44(30)34(47)33(23-18-42(19-23)32(46)4-2)40-36(49)53-25-9-5-6-10-25/h5-9,26-28,31-32H,1-2,10-24H2,3-4H3,(H,44,52)(H,45,53);3-4,7-8,11,23-27,30,33H,1-2,5-6,9-10,12-21H2,(H,40,49)(H,41,48)/t26-,27?,31?,32+,40?,41?,42-;24-,26?,30+,33?,38-/m11/s1. The summed E-state index contributed by atoms with van der Waals surface area (Å²) in [6, 6.07) is 3.96. The van der Waals surface area contributed by atoms with E-state index in [1.807, 2.05) is 0 Å². The predicted molar refractivity (Wildman–Crippen MR) is 403 cm³/mol. The second kappa shape index (κ2) is 32.6. The minimum atomic E-state index is -3.96. The molecule has 0 aromatic heterocycles. The normalized spacial score (nSPS) is 28.1. The predicted octanol–water partition coefficient (Wildman–Crippen LogP) is 5.34. The number of methoxy groups -OCH3 is 1. The molecule has 620 valence electrons. The first-order chi connectivity index (χ1) is 54.6. The van der Waals surface area contributed by atoms with Crippen LogP contribution in [0, 0.1) is 51.0 Å². The Bertz CT molecular complexity index is 4590. The van der Waals surface area contributed by atoms with Crippen LogP contribution >= 0.6 is 0 Å². The summed E-state index contributed by atoms with van der Waals surface area (Å²) in [6.45, 7) is 14.0. The minimum Gasteiger partial charge on any atom is -0.469 e. The van der Waals surface area contributed by atoms with E-state index in [1.54, 1.807) is 18.2 Å². The topological polar surface area (TPSA) is 395 Å². The average Bonchev–Trinajstić information content (AvgIpc) is 0.787. The molecule has 35 heteroatoms. The van der Waals surface area contributed by atoms with Crippen LogP contribution in [0.5, 0.6) is 0 Å². The van der Waals surface area contributed by atoms with Crippen LogP contribution in [0.25, 0.3) is 0 Å². The number of carbonyl (C=O) groups is 13. The molecule has 8 saturated carbocycles. The molecule has 4 N–H and O–H groups in total. The van der Waals surface area contributed by atoms with Gasteiger partial charge in [0.2, 0.25) is 61.4 Å². The van der Waals surface area contributed by atoms with Gasteiger partial charge in [-0.25, -0.2) is 40.0 Å². The van der Waals surface area contributed by atoms with Gasteiger partial charge in [0.15, 0.2) is 11.6 Å². The largest absolute Gasteiger partial charge is 0.469 e. The highest BCUT2D eigenvalue weighted by atomic mass is 32.2. The van der Waals surface area contributed by atoms with E-state index in [1.165, 1.54) is 73.9 Å². The molecule has 15 rings (SSSR count). The number of hydrogen-bond acceptors (Lipinski definition) is 21. The number of sulfonamides is 2. The van der Waals surface area contributed by atoms with Crippen molar-refractivity contribution in [1.29, 1.82) is 0 Å². The van der Waals surface area contributed by atoms with Crippen molar-refractivity contribution in [3.05, 3.63) is 121 Å². The summed E-state index contributed by atoms with van der Waals surface area (Å²) in [5, 5.41) is 4.21. The lowest BCUT2D eigenvalue weighted by Gasteiger charge is -2.51. The number of Topliss-reactive ketones (excluding diaryl/α,β-unsaturated/α-hetero) is 2. The summed E-state index contributed by atoms with van der Waals surface area (Å²) in [6.07, 6.45) is 6.78. The number of amides is 10. The smallest absolute Gasteiger partial charge is 0.410 e. The molecule has 5 aliphatic heterocycles.